The second-order valence-electron chi connectivity index (χ2n) is 4.94. The van der Waals surface area contributed by atoms with Gasteiger partial charge in [-0.3, -0.25) is 9.69 Å². The van der Waals surface area contributed by atoms with Gasteiger partial charge in [-0.05, 0) is 37.4 Å². The van der Waals surface area contributed by atoms with E-state index in [1.807, 2.05) is 0 Å². The van der Waals surface area contributed by atoms with Crippen LogP contribution in [0.4, 0.5) is 14.5 Å². The molecule has 3 nitrogen and oxygen atoms in total. The van der Waals surface area contributed by atoms with Crippen LogP contribution in [-0.2, 0) is 11.3 Å². The Bertz CT molecular complexity index is 679. The molecule has 0 fully saturated rings. The molecule has 0 saturated carbocycles. The van der Waals surface area contributed by atoms with E-state index in [-0.39, 0.29) is 30.5 Å². The molecule has 0 radical (unpaired) electrons. The van der Waals surface area contributed by atoms with Crippen molar-refractivity contribution in [1.29, 1.82) is 0 Å². The molecule has 0 unspecified atom stereocenters. The summed E-state index contributed by atoms with van der Waals surface area (Å²) in [5.41, 5.74) is 0.616. The number of nitrogens with zero attached hydrogens (tertiary/aromatic N) is 1. The number of likely N-dealkylation sites (N-methyl/N-ethyl adjacent to an activating group) is 1. The number of anilines is 1. The first kappa shape index (κ1) is 16.6. The Labute approximate surface area is 136 Å². The summed E-state index contributed by atoms with van der Waals surface area (Å²) < 4.78 is 27.9. The number of rotatable bonds is 5. The van der Waals surface area contributed by atoms with Crippen molar-refractivity contribution in [1.82, 2.24) is 4.90 Å². The lowest BCUT2D eigenvalue weighted by Gasteiger charge is -2.17. The van der Waals surface area contributed by atoms with Crippen LogP contribution in [0.15, 0.2) is 46.9 Å². The van der Waals surface area contributed by atoms with E-state index >= 15 is 0 Å². The van der Waals surface area contributed by atoms with Crippen molar-refractivity contribution >= 4 is 27.5 Å². The predicted octanol–water partition coefficient (Wildman–Crippen LogP) is 3.80. The van der Waals surface area contributed by atoms with E-state index in [9.17, 15) is 13.6 Å². The minimum absolute atomic E-state index is 0.0281. The number of hydrogen-bond acceptors (Lipinski definition) is 2. The highest BCUT2D eigenvalue weighted by molar-refractivity contribution is 9.10. The average Bonchev–Trinajstić information content (AvgIpc) is 2.45. The molecule has 6 heteroatoms. The van der Waals surface area contributed by atoms with Gasteiger partial charge in [-0.25, -0.2) is 8.78 Å². The summed E-state index contributed by atoms with van der Waals surface area (Å²) in [5.74, 6) is -1.18. The number of carbonyl (C=O) groups is 1. The molecule has 0 heterocycles. The van der Waals surface area contributed by atoms with E-state index in [1.165, 1.54) is 18.2 Å². The standard InChI is InChI=1S/C16H15BrF2N2O/c1-21(9-11-8-12(17)6-7-13(11)18)10-16(22)20-15-5-3-2-4-14(15)19/h2-8H,9-10H2,1H3,(H,20,22). The van der Waals surface area contributed by atoms with E-state index in [4.69, 9.17) is 0 Å². The minimum atomic E-state index is -0.489. The first-order valence-electron chi connectivity index (χ1n) is 6.62. The Morgan fingerprint density at radius 3 is 2.64 bits per heavy atom. The summed E-state index contributed by atoms with van der Waals surface area (Å²) in [6, 6.07) is 10.6. The Balaban J connectivity index is 1.94. The number of benzene rings is 2. The fourth-order valence-electron chi connectivity index (χ4n) is 2.01. The van der Waals surface area contributed by atoms with Gasteiger partial charge in [0.2, 0.25) is 5.91 Å². The van der Waals surface area contributed by atoms with E-state index in [1.54, 1.807) is 36.2 Å². The Morgan fingerprint density at radius 1 is 1.18 bits per heavy atom. The fraction of sp³-hybridized carbons (Fsp3) is 0.188. The Morgan fingerprint density at radius 2 is 1.91 bits per heavy atom. The highest BCUT2D eigenvalue weighted by Gasteiger charge is 2.11. The van der Waals surface area contributed by atoms with Crippen LogP contribution in [0.1, 0.15) is 5.56 Å². The summed E-state index contributed by atoms with van der Waals surface area (Å²) >= 11 is 3.28. The maximum Gasteiger partial charge on any atom is 0.238 e. The molecule has 0 aliphatic heterocycles. The van der Waals surface area contributed by atoms with E-state index in [2.05, 4.69) is 21.2 Å². The van der Waals surface area contributed by atoms with Crippen molar-refractivity contribution in [2.75, 3.05) is 18.9 Å². The third-order valence-electron chi connectivity index (χ3n) is 3.01. The molecule has 1 N–H and O–H groups in total. The molecule has 0 spiro atoms. The van der Waals surface area contributed by atoms with Crippen LogP contribution in [0, 0.1) is 11.6 Å². The average molecular weight is 369 g/mol. The van der Waals surface area contributed by atoms with Crippen molar-refractivity contribution in [2.24, 2.45) is 0 Å². The molecule has 116 valence electrons. The third-order valence-corrected chi connectivity index (χ3v) is 3.50. The molecule has 0 aromatic heterocycles. The second-order valence-corrected chi connectivity index (χ2v) is 5.85. The van der Waals surface area contributed by atoms with Gasteiger partial charge in [0.15, 0.2) is 0 Å². The van der Waals surface area contributed by atoms with Gasteiger partial charge in [0.25, 0.3) is 0 Å². The van der Waals surface area contributed by atoms with Crippen LogP contribution in [0.3, 0.4) is 0 Å². The quantitative estimate of drug-likeness (QED) is 0.870. The number of carbonyl (C=O) groups excluding carboxylic acids is 1. The van der Waals surface area contributed by atoms with Crippen LogP contribution >= 0.6 is 15.9 Å². The maximum atomic E-state index is 13.7. The number of hydrogen-bond donors (Lipinski definition) is 1. The second kappa shape index (κ2) is 7.47. The van der Waals surface area contributed by atoms with Crippen molar-refractivity contribution < 1.29 is 13.6 Å². The monoisotopic (exact) mass is 368 g/mol. The van der Waals surface area contributed by atoms with Gasteiger partial charge in [0.05, 0.1) is 12.2 Å². The molecule has 2 aromatic carbocycles. The van der Waals surface area contributed by atoms with Crippen LogP contribution in [-0.4, -0.2) is 24.4 Å². The normalized spacial score (nSPS) is 10.8. The van der Waals surface area contributed by atoms with Gasteiger partial charge >= 0.3 is 0 Å². The van der Waals surface area contributed by atoms with Gasteiger partial charge in [0.1, 0.15) is 11.6 Å². The topological polar surface area (TPSA) is 32.3 Å². The van der Waals surface area contributed by atoms with Gasteiger partial charge in [0, 0.05) is 16.6 Å². The predicted molar refractivity (Wildman–Crippen MR) is 85.5 cm³/mol. The van der Waals surface area contributed by atoms with E-state index < -0.39 is 5.82 Å². The summed E-state index contributed by atoms with van der Waals surface area (Å²) in [7, 11) is 1.70. The molecule has 0 bridgehead atoms. The molecule has 0 atom stereocenters. The first-order chi connectivity index (χ1) is 10.5. The van der Waals surface area contributed by atoms with Crippen LogP contribution in [0.25, 0.3) is 0 Å². The molecule has 22 heavy (non-hydrogen) atoms. The first-order valence-corrected chi connectivity index (χ1v) is 7.42. The molecule has 0 aliphatic rings. The van der Waals surface area contributed by atoms with Crippen molar-refractivity contribution in [3.05, 3.63) is 64.1 Å². The molecule has 2 rings (SSSR count). The molecule has 0 aliphatic carbocycles. The number of nitrogens with one attached hydrogen (secondary N) is 1. The van der Waals surface area contributed by atoms with E-state index in [0.717, 1.165) is 4.47 Å². The molecule has 2 aromatic rings. The van der Waals surface area contributed by atoms with E-state index in [0.29, 0.717) is 5.56 Å². The molecular formula is C16H15BrF2N2O. The molecule has 1 amide bonds. The SMILES string of the molecule is CN(CC(=O)Nc1ccccc1F)Cc1cc(Br)ccc1F. The summed E-state index contributed by atoms with van der Waals surface area (Å²) in [4.78, 5) is 13.5. The smallest absolute Gasteiger partial charge is 0.238 e. The van der Waals surface area contributed by atoms with Crippen LogP contribution in [0.5, 0.6) is 0 Å². The zero-order valence-electron chi connectivity index (χ0n) is 11.9. The largest absolute Gasteiger partial charge is 0.322 e. The highest BCUT2D eigenvalue weighted by atomic mass is 79.9. The molecular weight excluding hydrogens is 354 g/mol. The summed E-state index contributed by atoms with van der Waals surface area (Å²) in [6.45, 7) is 0.302. The molecule has 0 saturated heterocycles. The van der Waals surface area contributed by atoms with Gasteiger partial charge in [-0.15, -0.1) is 0 Å². The zero-order chi connectivity index (χ0) is 16.1. The van der Waals surface area contributed by atoms with Gasteiger partial charge in [-0.1, -0.05) is 28.1 Å². The van der Waals surface area contributed by atoms with Gasteiger partial charge < -0.3 is 5.32 Å². The van der Waals surface area contributed by atoms with Crippen LogP contribution in [0.2, 0.25) is 0 Å². The summed E-state index contributed by atoms with van der Waals surface area (Å²) in [5, 5.41) is 2.49. The highest BCUT2D eigenvalue weighted by Crippen LogP contribution is 2.17. The lowest BCUT2D eigenvalue weighted by molar-refractivity contribution is -0.117. The third kappa shape index (κ3) is 4.61. The lowest BCUT2D eigenvalue weighted by Crippen LogP contribution is -2.30. The van der Waals surface area contributed by atoms with Crippen molar-refractivity contribution in [3.8, 4) is 0 Å². The number of halogens is 3. The minimum Gasteiger partial charge on any atom is -0.322 e. The number of para-hydroxylation sites is 1. The number of amides is 1. The Hall–Kier alpha value is -1.79. The fourth-order valence-corrected chi connectivity index (χ4v) is 2.42. The Kier molecular flexibility index (Phi) is 5.63. The van der Waals surface area contributed by atoms with Crippen molar-refractivity contribution in [2.45, 2.75) is 6.54 Å². The van der Waals surface area contributed by atoms with Crippen molar-refractivity contribution in [3.63, 3.8) is 0 Å². The zero-order valence-corrected chi connectivity index (χ0v) is 13.5. The maximum absolute atomic E-state index is 13.7. The lowest BCUT2D eigenvalue weighted by atomic mass is 10.2. The summed E-state index contributed by atoms with van der Waals surface area (Å²) in [6.07, 6.45) is 0. The van der Waals surface area contributed by atoms with Gasteiger partial charge in [-0.2, -0.15) is 0 Å². The van der Waals surface area contributed by atoms with Crippen LogP contribution < -0.4 is 5.32 Å².